The summed E-state index contributed by atoms with van der Waals surface area (Å²) in [7, 11) is 0. The average molecular weight is 328 g/mol. The van der Waals surface area contributed by atoms with Crippen LogP contribution in [0, 0.1) is 17.3 Å². The number of rotatable bonds is 2. The lowest BCUT2D eigenvalue weighted by atomic mass is 9.48. The van der Waals surface area contributed by atoms with Crippen LogP contribution in [0.4, 0.5) is 0 Å². The molecule has 4 bridgehead atoms. The molecule has 2 nitrogen and oxygen atoms in total. The number of hydrogen-bond acceptors (Lipinski definition) is 1. The largest absolute Gasteiger partial charge is 0.351 e. The zero-order valence-electron chi connectivity index (χ0n) is 12.4. The number of amides is 1. The summed E-state index contributed by atoms with van der Waals surface area (Å²) >= 11 is 4.01. The van der Waals surface area contributed by atoms with Crippen LogP contribution in [0.2, 0.25) is 0 Å². The molecular formula is C16H26BrNO. The lowest BCUT2D eigenvalue weighted by molar-refractivity contribution is -0.129. The molecule has 0 spiro atoms. The third-order valence-corrected chi connectivity index (χ3v) is 6.09. The smallest absolute Gasteiger partial charge is 0.220 e. The highest BCUT2D eigenvalue weighted by molar-refractivity contribution is 9.10. The Morgan fingerprint density at radius 3 is 2.26 bits per heavy atom. The van der Waals surface area contributed by atoms with Crippen LogP contribution < -0.4 is 5.32 Å². The predicted octanol–water partition coefficient (Wildman–Crippen LogP) is 4.03. The maximum atomic E-state index is 12.3. The van der Waals surface area contributed by atoms with Gasteiger partial charge in [0.25, 0.3) is 0 Å². The van der Waals surface area contributed by atoms with Crippen molar-refractivity contribution in [1.29, 1.82) is 0 Å². The van der Waals surface area contributed by atoms with Gasteiger partial charge in [-0.2, -0.15) is 0 Å². The van der Waals surface area contributed by atoms with Crippen molar-refractivity contribution in [3.05, 3.63) is 0 Å². The van der Waals surface area contributed by atoms with E-state index >= 15 is 0 Å². The van der Waals surface area contributed by atoms with E-state index in [4.69, 9.17) is 0 Å². The second-order valence-electron chi connectivity index (χ2n) is 8.59. The first kappa shape index (κ1) is 13.9. The number of carbonyl (C=O) groups is 1. The highest BCUT2D eigenvalue weighted by Gasteiger charge is 2.57. The topological polar surface area (TPSA) is 29.1 Å². The van der Waals surface area contributed by atoms with Crippen molar-refractivity contribution in [3.63, 3.8) is 0 Å². The van der Waals surface area contributed by atoms with Gasteiger partial charge in [-0.15, -0.1) is 0 Å². The summed E-state index contributed by atoms with van der Waals surface area (Å²) in [5.41, 5.74) is 0.189. The molecule has 0 saturated heterocycles. The van der Waals surface area contributed by atoms with Gasteiger partial charge in [-0.3, -0.25) is 4.79 Å². The van der Waals surface area contributed by atoms with Crippen LogP contribution in [0.15, 0.2) is 0 Å². The summed E-state index contributed by atoms with van der Waals surface area (Å²) in [5.74, 6) is 1.98. The summed E-state index contributed by atoms with van der Waals surface area (Å²) in [6.07, 6.45) is 8.62. The fourth-order valence-electron chi connectivity index (χ4n) is 5.35. The minimum atomic E-state index is -0.106. The van der Waals surface area contributed by atoms with Crippen molar-refractivity contribution < 1.29 is 4.79 Å². The summed E-state index contributed by atoms with van der Waals surface area (Å²) in [5, 5.41) is 3.15. The summed E-state index contributed by atoms with van der Waals surface area (Å²) in [6.45, 7) is 6.20. The van der Waals surface area contributed by atoms with Gasteiger partial charge in [0.1, 0.15) is 0 Å². The van der Waals surface area contributed by atoms with Crippen molar-refractivity contribution in [3.8, 4) is 0 Å². The van der Waals surface area contributed by atoms with Crippen LogP contribution >= 0.6 is 15.9 Å². The fraction of sp³-hybridized carbons (Fsp3) is 0.938. The van der Waals surface area contributed by atoms with E-state index in [1.54, 1.807) is 0 Å². The lowest BCUT2D eigenvalue weighted by Gasteiger charge is -2.60. The monoisotopic (exact) mass is 327 g/mol. The Kier molecular flexibility index (Phi) is 3.09. The number of nitrogens with one attached hydrogen (secondary N) is 1. The molecule has 0 radical (unpaired) electrons. The normalized spacial score (nSPS) is 44.4. The van der Waals surface area contributed by atoms with Crippen LogP contribution in [0.3, 0.4) is 0 Å². The van der Waals surface area contributed by atoms with Gasteiger partial charge in [0.15, 0.2) is 0 Å². The molecule has 4 aliphatic rings. The third-order valence-electron chi connectivity index (χ3n) is 5.16. The van der Waals surface area contributed by atoms with Crippen molar-refractivity contribution in [2.45, 2.75) is 75.6 Å². The Hall–Kier alpha value is -0.0500. The number of hydrogen-bond donors (Lipinski definition) is 1. The van der Waals surface area contributed by atoms with Crippen LogP contribution in [0.1, 0.15) is 65.7 Å². The van der Waals surface area contributed by atoms with Gasteiger partial charge in [0, 0.05) is 16.3 Å². The molecule has 4 fully saturated rings. The second-order valence-corrected chi connectivity index (χ2v) is 10.3. The van der Waals surface area contributed by atoms with E-state index in [2.05, 4.69) is 42.0 Å². The van der Waals surface area contributed by atoms with E-state index in [1.165, 1.54) is 38.5 Å². The van der Waals surface area contributed by atoms with E-state index < -0.39 is 0 Å². The number of carbonyl (C=O) groups excluding carboxylic acids is 1. The van der Waals surface area contributed by atoms with Crippen LogP contribution in [-0.2, 0) is 4.79 Å². The maximum absolute atomic E-state index is 12.3. The van der Waals surface area contributed by atoms with Gasteiger partial charge in [-0.05, 0) is 76.5 Å². The summed E-state index contributed by atoms with van der Waals surface area (Å²) in [6, 6.07) is 0. The fourth-order valence-corrected chi connectivity index (χ4v) is 6.86. The van der Waals surface area contributed by atoms with Crippen molar-refractivity contribution in [2.75, 3.05) is 0 Å². The number of halogens is 1. The van der Waals surface area contributed by atoms with Crippen molar-refractivity contribution in [2.24, 2.45) is 17.3 Å². The Labute approximate surface area is 125 Å². The molecule has 0 aromatic rings. The molecule has 1 amide bonds. The minimum Gasteiger partial charge on any atom is -0.351 e. The SMILES string of the molecule is CC(C)(C)NC(=O)CC12CC3CC(CC(Br)(C3)C1)C2. The van der Waals surface area contributed by atoms with Crippen LogP contribution in [-0.4, -0.2) is 15.8 Å². The van der Waals surface area contributed by atoms with Gasteiger partial charge in [-0.1, -0.05) is 15.9 Å². The van der Waals surface area contributed by atoms with E-state index in [0.717, 1.165) is 18.3 Å². The Bertz CT molecular complexity index is 384. The van der Waals surface area contributed by atoms with E-state index in [1.807, 2.05) is 0 Å². The highest BCUT2D eigenvalue weighted by Crippen LogP contribution is 2.65. The Morgan fingerprint density at radius 1 is 1.21 bits per heavy atom. The zero-order valence-corrected chi connectivity index (χ0v) is 14.0. The van der Waals surface area contributed by atoms with Crippen molar-refractivity contribution >= 4 is 21.8 Å². The molecule has 2 unspecified atom stereocenters. The van der Waals surface area contributed by atoms with Crippen LogP contribution in [0.25, 0.3) is 0 Å². The standard InChI is InChI=1S/C16H26BrNO/c1-14(2,3)18-13(19)9-15-5-11-4-12(6-15)8-16(17,7-11)10-15/h11-12H,4-10H2,1-3H3,(H,18,19). The first-order valence-electron chi connectivity index (χ1n) is 7.67. The van der Waals surface area contributed by atoms with E-state index in [9.17, 15) is 4.79 Å². The maximum Gasteiger partial charge on any atom is 0.220 e. The molecule has 4 aliphatic carbocycles. The molecular weight excluding hydrogens is 302 g/mol. The highest BCUT2D eigenvalue weighted by atomic mass is 79.9. The second kappa shape index (κ2) is 4.22. The molecule has 0 aromatic carbocycles. The Balaban J connectivity index is 1.72. The first-order valence-corrected chi connectivity index (χ1v) is 8.46. The quantitative estimate of drug-likeness (QED) is 0.762. The molecule has 4 rings (SSSR count). The van der Waals surface area contributed by atoms with E-state index in [0.29, 0.717) is 9.74 Å². The molecule has 2 atom stereocenters. The average Bonchev–Trinajstić information content (AvgIpc) is 2.06. The summed E-state index contributed by atoms with van der Waals surface area (Å²) in [4.78, 5) is 12.3. The molecule has 0 aromatic heterocycles. The van der Waals surface area contributed by atoms with Gasteiger partial charge in [0.05, 0.1) is 0 Å². The Morgan fingerprint density at radius 2 is 1.79 bits per heavy atom. The van der Waals surface area contributed by atoms with Gasteiger partial charge in [-0.25, -0.2) is 0 Å². The molecule has 108 valence electrons. The van der Waals surface area contributed by atoms with Gasteiger partial charge < -0.3 is 5.32 Å². The zero-order chi connectivity index (χ0) is 13.9. The number of alkyl halides is 1. The molecule has 3 heteroatoms. The minimum absolute atomic E-state index is 0.106. The third kappa shape index (κ3) is 2.86. The summed E-state index contributed by atoms with van der Waals surface area (Å²) < 4.78 is 0.360. The molecule has 4 saturated carbocycles. The lowest BCUT2D eigenvalue weighted by Crippen LogP contribution is -2.54. The molecule has 0 heterocycles. The van der Waals surface area contributed by atoms with E-state index in [-0.39, 0.29) is 11.4 Å². The van der Waals surface area contributed by atoms with Gasteiger partial charge >= 0.3 is 0 Å². The first-order chi connectivity index (χ1) is 8.67. The predicted molar refractivity (Wildman–Crippen MR) is 81.3 cm³/mol. The molecule has 0 aliphatic heterocycles. The van der Waals surface area contributed by atoms with Gasteiger partial charge in [0.2, 0.25) is 5.91 Å². The van der Waals surface area contributed by atoms with Crippen LogP contribution in [0.5, 0.6) is 0 Å². The molecule has 19 heavy (non-hydrogen) atoms. The molecule has 1 N–H and O–H groups in total. The van der Waals surface area contributed by atoms with Crippen molar-refractivity contribution in [1.82, 2.24) is 5.32 Å².